The van der Waals surface area contributed by atoms with E-state index in [0.29, 0.717) is 18.0 Å². The van der Waals surface area contributed by atoms with Crippen molar-refractivity contribution in [1.82, 2.24) is 15.0 Å². The normalized spacial score (nSPS) is 10.7. The van der Waals surface area contributed by atoms with E-state index >= 15 is 0 Å². The lowest BCUT2D eigenvalue weighted by Crippen LogP contribution is -2.01. The number of nitrogens with zero attached hydrogens (tertiary/aromatic N) is 3. The average Bonchev–Trinajstić information content (AvgIpc) is 2.67. The van der Waals surface area contributed by atoms with Gasteiger partial charge in [-0.2, -0.15) is 0 Å². The van der Waals surface area contributed by atoms with E-state index in [1.54, 1.807) is 0 Å². The summed E-state index contributed by atoms with van der Waals surface area (Å²) >= 11 is 5.53. The van der Waals surface area contributed by atoms with E-state index in [1.165, 1.54) is 24.4 Å². The minimum Gasteiger partial charge on any atom is -0.214 e. The fraction of sp³-hybridized carbons (Fsp3) is 0.200. The Hall–Kier alpha value is -1.49. The predicted octanol–water partition coefficient (Wildman–Crippen LogP) is 2.33. The van der Waals surface area contributed by atoms with Gasteiger partial charge in [0.05, 0.1) is 11.9 Å². The topological polar surface area (TPSA) is 30.7 Å². The summed E-state index contributed by atoms with van der Waals surface area (Å²) in [5.74, 6) is -0.969. The Labute approximate surface area is 95.6 Å². The van der Waals surface area contributed by atoms with Crippen LogP contribution >= 0.6 is 11.6 Å². The van der Waals surface area contributed by atoms with E-state index < -0.39 is 11.6 Å². The number of aryl methyl sites for hydroxylation is 1. The lowest BCUT2D eigenvalue weighted by atomic mass is 10.3. The van der Waals surface area contributed by atoms with Gasteiger partial charge in [-0.15, -0.1) is 16.7 Å². The van der Waals surface area contributed by atoms with Gasteiger partial charge in [0.1, 0.15) is 5.69 Å². The van der Waals surface area contributed by atoms with Crippen LogP contribution in [0.15, 0.2) is 24.4 Å². The molecule has 0 bridgehead atoms. The van der Waals surface area contributed by atoms with Gasteiger partial charge in [-0.25, -0.2) is 13.5 Å². The number of alkyl halides is 1. The van der Waals surface area contributed by atoms with Crippen LogP contribution in [0.1, 0.15) is 5.69 Å². The molecule has 0 aliphatic heterocycles. The molecule has 0 N–H and O–H groups in total. The molecule has 84 valence electrons. The molecule has 2 aromatic rings. The second kappa shape index (κ2) is 4.57. The van der Waals surface area contributed by atoms with Crippen LogP contribution in [0, 0.1) is 11.6 Å². The molecule has 0 aliphatic carbocycles. The molecule has 0 aliphatic rings. The second-order valence-corrected chi connectivity index (χ2v) is 3.54. The van der Waals surface area contributed by atoms with Gasteiger partial charge in [-0.3, -0.25) is 0 Å². The highest BCUT2D eigenvalue weighted by atomic mass is 35.5. The Balaban J connectivity index is 2.42. The monoisotopic (exact) mass is 243 g/mol. The summed E-state index contributed by atoms with van der Waals surface area (Å²) in [6.45, 7) is 0. The van der Waals surface area contributed by atoms with E-state index in [0.717, 1.165) is 4.68 Å². The molecule has 2 rings (SSSR count). The Morgan fingerprint density at radius 1 is 1.25 bits per heavy atom. The Morgan fingerprint density at radius 2 is 1.94 bits per heavy atom. The molecule has 0 amide bonds. The van der Waals surface area contributed by atoms with Crippen LogP contribution in [0.25, 0.3) is 5.69 Å². The first-order valence-electron chi connectivity index (χ1n) is 4.64. The highest BCUT2D eigenvalue weighted by molar-refractivity contribution is 6.17. The summed E-state index contributed by atoms with van der Waals surface area (Å²) in [7, 11) is 0. The van der Waals surface area contributed by atoms with Crippen LogP contribution in [0.2, 0.25) is 0 Å². The molecule has 0 saturated carbocycles. The molecule has 0 unspecified atom stereocenters. The van der Waals surface area contributed by atoms with Gasteiger partial charge < -0.3 is 0 Å². The van der Waals surface area contributed by atoms with Crippen molar-refractivity contribution in [1.29, 1.82) is 0 Å². The zero-order chi connectivity index (χ0) is 11.5. The number of halogens is 3. The molecule has 1 heterocycles. The summed E-state index contributed by atoms with van der Waals surface area (Å²) in [6, 6.07) is 3.63. The molecular formula is C10H8ClF2N3. The van der Waals surface area contributed by atoms with E-state index in [9.17, 15) is 8.78 Å². The third kappa shape index (κ3) is 2.04. The third-order valence-corrected chi connectivity index (χ3v) is 2.25. The SMILES string of the molecule is Fc1cccc(F)c1-n1cc(CCCl)nn1. The van der Waals surface area contributed by atoms with Crippen molar-refractivity contribution in [3.05, 3.63) is 41.7 Å². The Morgan fingerprint density at radius 3 is 2.56 bits per heavy atom. The van der Waals surface area contributed by atoms with E-state index in [2.05, 4.69) is 10.3 Å². The molecule has 16 heavy (non-hydrogen) atoms. The van der Waals surface area contributed by atoms with Crippen LogP contribution in [0.5, 0.6) is 0 Å². The molecule has 1 aromatic carbocycles. The van der Waals surface area contributed by atoms with Crippen molar-refractivity contribution in [2.75, 3.05) is 5.88 Å². The molecule has 6 heteroatoms. The third-order valence-electron chi connectivity index (χ3n) is 2.06. The number of para-hydroxylation sites is 1. The minimum absolute atomic E-state index is 0.226. The van der Waals surface area contributed by atoms with Crippen molar-refractivity contribution in [2.24, 2.45) is 0 Å². The van der Waals surface area contributed by atoms with Gasteiger partial charge in [0.25, 0.3) is 0 Å². The summed E-state index contributed by atoms with van der Waals surface area (Å²) in [6.07, 6.45) is 1.97. The smallest absolute Gasteiger partial charge is 0.151 e. The van der Waals surface area contributed by atoms with Gasteiger partial charge >= 0.3 is 0 Å². The summed E-state index contributed by atoms with van der Waals surface area (Å²) in [4.78, 5) is 0. The molecule has 0 spiro atoms. The lowest BCUT2D eigenvalue weighted by molar-refractivity contribution is 0.556. The molecule has 0 saturated heterocycles. The maximum Gasteiger partial charge on any atom is 0.151 e. The number of rotatable bonds is 3. The highest BCUT2D eigenvalue weighted by Gasteiger charge is 2.12. The molecule has 0 atom stereocenters. The highest BCUT2D eigenvalue weighted by Crippen LogP contribution is 2.16. The van der Waals surface area contributed by atoms with Crippen molar-refractivity contribution in [3.63, 3.8) is 0 Å². The fourth-order valence-corrected chi connectivity index (χ4v) is 1.52. The van der Waals surface area contributed by atoms with Crippen molar-refractivity contribution < 1.29 is 8.78 Å². The van der Waals surface area contributed by atoms with Crippen LogP contribution in [-0.4, -0.2) is 20.9 Å². The van der Waals surface area contributed by atoms with Gasteiger partial charge in [0.2, 0.25) is 0 Å². The van der Waals surface area contributed by atoms with E-state index in [1.807, 2.05) is 0 Å². The van der Waals surface area contributed by atoms with Crippen LogP contribution in [-0.2, 0) is 6.42 Å². The Kier molecular flexibility index (Phi) is 3.14. The average molecular weight is 244 g/mol. The van der Waals surface area contributed by atoms with Gasteiger partial charge in [-0.05, 0) is 12.1 Å². The zero-order valence-corrected chi connectivity index (χ0v) is 8.96. The molecular weight excluding hydrogens is 236 g/mol. The quantitative estimate of drug-likeness (QED) is 0.775. The maximum atomic E-state index is 13.4. The van der Waals surface area contributed by atoms with Gasteiger partial charge in [0, 0.05) is 12.3 Å². The maximum absolute atomic E-state index is 13.4. The molecule has 0 radical (unpaired) electrons. The van der Waals surface area contributed by atoms with Gasteiger partial charge in [0.15, 0.2) is 11.6 Å². The van der Waals surface area contributed by atoms with Crippen LogP contribution in [0.3, 0.4) is 0 Å². The van der Waals surface area contributed by atoms with E-state index in [-0.39, 0.29) is 5.69 Å². The predicted molar refractivity (Wildman–Crippen MR) is 55.7 cm³/mol. The fourth-order valence-electron chi connectivity index (χ4n) is 1.33. The van der Waals surface area contributed by atoms with Crippen molar-refractivity contribution in [2.45, 2.75) is 6.42 Å². The Bertz CT molecular complexity index is 478. The van der Waals surface area contributed by atoms with E-state index in [4.69, 9.17) is 11.6 Å². The minimum atomic E-state index is -0.678. The lowest BCUT2D eigenvalue weighted by Gasteiger charge is -2.02. The first-order valence-corrected chi connectivity index (χ1v) is 5.17. The van der Waals surface area contributed by atoms with Crippen LogP contribution in [0.4, 0.5) is 8.78 Å². The zero-order valence-electron chi connectivity index (χ0n) is 8.20. The standard InChI is InChI=1S/C10H8ClF2N3/c11-5-4-7-6-16(15-14-7)10-8(12)2-1-3-9(10)13/h1-3,6H,4-5H2. The first kappa shape index (κ1) is 11.0. The summed E-state index contributed by atoms with van der Waals surface area (Å²) < 4.78 is 27.8. The van der Waals surface area contributed by atoms with Crippen LogP contribution < -0.4 is 0 Å². The second-order valence-electron chi connectivity index (χ2n) is 3.16. The molecule has 3 nitrogen and oxygen atoms in total. The number of benzene rings is 1. The van der Waals surface area contributed by atoms with Crippen molar-refractivity contribution >= 4 is 11.6 Å². The van der Waals surface area contributed by atoms with Crippen molar-refractivity contribution in [3.8, 4) is 5.69 Å². The molecule has 1 aromatic heterocycles. The largest absolute Gasteiger partial charge is 0.214 e. The summed E-state index contributed by atoms with van der Waals surface area (Å²) in [5, 5.41) is 7.41. The number of hydrogen-bond donors (Lipinski definition) is 0. The summed E-state index contributed by atoms with van der Waals surface area (Å²) in [5.41, 5.74) is 0.369. The van der Waals surface area contributed by atoms with Gasteiger partial charge in [-0.1, -0.05) is 11.3 Å². The molecule has 0 fully saturated rings. The number of hydrogen-bond acceptors (Lipinski definition) is 2. The number of aromatic nitrogens is 3. The first-order chi connectivity index (χ1) is 7.72.